The summed E-state index contributed by atoms with van der Waals surface area (Å²) in [7, 11) is 0. The monoisotopic (exact) mass is 616 g/mol. The van der Waals surface area contributed by atoms with Gasteiger partial charge in [0.25, 0.3) is 5.91 Å². The molecule has 0 aliphatic carbocycles. The minimum atomic E-state index is -0.919. The van der Waals surface area contributed by atoms with Crippen molar-refractivity contribution in [1.82, 2.24) is 25.0 Å². The Kier molecular flexibility index (Phi) is 9.22. The Hall–Kier alpha value is -3.77. The van der Waals surface area contributed by atoms with Crippen molar-refractivity contribution >= 4 is 35.0 Å². The lowest BCUT2D eigenvalue weighted by Crippen LogP contribution is -2.38. The number of carbonyl (C=O) groups excluding carboxylic acids is 2. The number of nitrogens with two attached hydrogens (primary N) is 1. The van der Waals surface area contributed by atoms with Crippen molar-refractivity contribution in [1.29, 1.82) is 0 Å². The van der Waals surface area contributed by atoms with E-state index in [9.17, 15) is 14.0 Å². The van der Waals surface area contributed by atoms with E-state index in [0.717, 1.165) is 31.8 Å². The Morgan fingerprint density at radius 2 is 1.88 bits per heavy atom. The maximum absolute atomic E-state index is 15.3. The summed E-state index contributed by atoms with van der Waals surface area (Å²) in [5.74, 6) is -2.58. The first-order chi connectivity index (χ1) is 20.2. The van der Waals surface area contributed by atoms with Crippen LogP contribution in [0.5, 0.6) is 0 Å². The minimum absolute atomic E-state index is 0.106. The zero-order chi connectivity index (χ0) is 29.8. The predicted octanol–water partition coefficient (Wildman–Crippen LogP) is 4.81. The van der Waals surface area contributed by atoms with Crippen LogP contribution in [0.1, 0.15) is 28.4 Å². The molecule has 4 aromatic rings. The van der Waals surface area contributed by atoms with Gasteiger partial charge in [0.2, 0.25) is 5.91 Å². The molecule has 0 unspecified atom stereocenters. The number of nitrogens with zero attached hydrogens (tertiary/aromatic N) is 3. The van der Waals surface area contributed by atoms with Crippen LogP contribution < -0.4 is 11.1 Å². The van der Waals surface area contributed by atoms with Crippen molar-refractivity contribution in [3.05, 3.63) is 87.8 Å². The van der Waals surface area contributed by atoms with E-state index in [1.807, 2.05) is 6.20 Å². The number of primary amides is 1. The lowest BCUT2D eigenvalue weighted by atomic mass is 9.97. The molecule has 2 aromatic carbocycles. The number of hydrogen-bond donors (Lipinski definition) is 3. The highest BCUT2D eigenvalue weighted by atomic mass is 35.5. The highest BCUT2D eigenvalue weighted by molar-refractivity contribution is 6.31. The number of nitrogens with one attached hydrogen (secondary N) is 2. The second-order valence-corrected chi connectivity index (χ2v) is 10.7. The Bertz CT molecular complexity index is 1600. The van der Waals surface area contributed by atoms with E-state index in [1.165, 1.54) is 30.5 Å². The van der Waals surface area contributed by atoms with Gasteiger partial charge in [-0.05, 0) is 35.9 Å². The van der Waals surface area contributed by atoms with Gasteiger partial charge in [0, 0.05) is 53.7 Å². The molecule has 42 heavy (non-hydrogen) atoms. The lowest BCUT2D eigenvalue weighted by Gasteiger charge is -2.26. The summed E-state index contributed by atoms with van der Waals surface area (Å²) >= 11 is 12.0. The molecule has 9 nitrogen and oxygen atoms in total. The Balaban J connectivity index is 1.48. The largest absolute Gasteiger partial charge is 0.379 e. The molecule has 2 amide bonds. The summed E-state index contributed by atoms with van der Waals surface area (Å²) in [6.45, 7) is 4.52. The van der Waals surface area contributed by atoms with Crippen molar-refractivity contribution < 1.29 is 23.1 Å². The molecule has 0 bridgehead atoms. The molecule has 1 aliphatic heterocycles. The summed E-state index contributed by atoms with van der Waals surface area (Å²) in [6, 6.07) is 7.12. The number of rotatable bonds is 10. The second kappa shape index (κ2) is 13.0. The average Bonchev–Trinajstić information content (AvgIpc) is 3.61. The van der Waals surface area contributed by atoms with Crippen molar-refractivity contribution in [2.75, 3.05) is 32.8 Å². The van der Waals surface area contributed by atoms with E-state index in [2.05, 4.69) is 20.3 Å². The van der Waals surface area contributed by atoms with Crippen LogP contribution in [0.15, 0.2) is 55.0 Å². The van der Waals surface area contributed by atoms with Crippen LogP contribution in [0.2, 0.25) is 10.0 Å². The maximum Gasteiger partial charge on any atom is 0.253 e. The summed E-state index contributed by atoms with van der Waals surface area (Å²) in [6.07, 6.45) is 4.64. The number of hydrogen-bond acceptors (Lipinski definition) is 5. The van der Waals surface area contributed by atoms with E-state index in [4.69, 9.17) is 33.7 Å². The SMILES string of the molecule is NC(=O)C[C@H](NC(=O)c1c[nH]c(-c2cnn(CCN3CCOCC3)c2)c1-c1ccc(Cl)cc1F)c1ccc(F)c(Cl)c1. The summed E-state index contributed by atoms with van der Waals surface area (Å²) in [4.78, 5) is 30.9. The first kappa shape index (κ1) is 29.7. The van der Waals surface area contributed by atoms with Gasteiger partial charge in [0.05, 0.1) is 54.7 Å². The van der Waals surface area contributed by atoms with Gasteiger partial charge in [-0.2, -0.15) is 5.10 Å². The first-order valence-corrected chi connectivity index (χ1v) is 14.0. The van der Waals surface area contributed by atoms with Crippen LogP contribution >= 0.6 is 23.2 Å². The molecule has 0 radical (unpaired) electrons. The Labute approximate surface area is 250 Å². The molecule has 5 rings (SSSR count). The van der Waals surface area contributed by atoms with Crippen LogP contribution in [-0.2, 0) is 16.1 Å². The Morgan fingerprint density at radius 1 is 1.10 bits per heavy atom. The normalized spacial score (nSPS) is 14.6. The molecule has 220 valence electrons. The number of carbonyl (C=O) groups is 2. The van der Waals surface area contributed by atoms with Gasteiger partial charge < -0.3 is 20.8 Å². The highest BCUT2D eigenvalue weighted by Crippen LogP contribution is 2.37. The van der Waals surface area contributed by atoms with Gasteiger partial charge >= 0.3 is 0 Å². The molecule has 13 heteroatoms. The van der Waals surface area contributed by atoms with Gasteiger partial charge in [-0.1, -0.05) is 29.3 Å². The molecule has 2 aromatic heterocycles. The number of aromatic nitrogens is 3. The number of benzene rings is 2. The number of halogens is 4. The predicted molar refractivity (Wildman–Crippen MR) is 155 cm³/mol. The molecular weight excluding hydrogens is 589 g/mol. The van der Waals surface area contributed by atoms with Crippen molar-refractivity contribution in [3.8, 4) is 22.4 Å². The van der Waals surface area contributed by atoms with E-state index < -0.39 is 29.5 Å². The van der Waals surface area contributed by atoms with Gasteiger partial charge in [0.1, 0.15) is 11.6 Å². The van der Waals surface area contributed by atoms with Crippen LogP contribution in [0.3, 0.4) is 0 Å². The van der Waals surface area contributed by atoms with Gasteiger partial charge in [-0.3, -0.25) is 19.2 Å². The van der Waals surface area contributed by atoms with Crippen molar-refractivity contribution in [3.63, 3.8) is 0 Å². The summed E-state index contributed by atoms with van der Waals surface area (Å²) in [5.41, 5.74) is 7.45. The van der Waals surface area contributed by atoms with Gasteiger partial charge in [-0.25, -0.2) is 8.78 Å². The molecular formula is C29H28Cl2F2N6O3. The number of morpholine rings is 1. The molecule has 1 saturated heterocycles. The number of H-pyrrole nitrogens is 1. The molecule has 1 fully saturated rings. The maximum atomic E-state index is 15.3. The quantitative estimate of drug-likeness (QED) is 0.236. The molecule has 0 saturated carbocycles. The fourth-order valence-electron chi connectivity index (χ4n) is 4.90. The van der Waals surface area contributed by atoms with Crippen LogP contribution in [0.4, 0.5) is 8.78 Å². The zero-order valence-electron chi connectivity index (χ0n) is 22.4. The smallest absolute Gasteiger partial charge is 0.253 e. The van der Waals surface area contributed by atoms with E-state index in [0.29, 0.717) is 36.6 Å². The van der Waals surface area contributed by atoms with Crippen LogP contribution in [-0.4, -0.2) is 64.3 Å². The van der Waals surface area contributed by atoms with Crippen molar-refractivity contribution in [2.45, 2.75) is 19.0 Å². The number of aromatic amines is 1. The molecule has 1 atom stereocenters. The van der Waals surface area contributed by atoms with Crippen molar-refractivity contribution in [2.24, 2.45) is 5.73 Å². The fraction of sp³-hybridized carbons (Fsp3) is 0.276. The summed E-state index contributed by atoms with van der Waals surface area (Å²) < 4.78 is 36.3. The third kappa shape index (κ3) is 6.81. The Morgan fingerprint density at radius 3 is 2.60 bits per heavy atom. The zero-order valence-corrected chi connectivity index (χ0v) is 23.9. The third-order valence-corrected chi connectivity index (χ3v) is 7.58. The number of amides is 2. The van der Waals surface area contributed by atoms with E-state index in [-0.39, 0.29) is 33.2 Å². The van der Waals surface area contributed by atoms with E-state index >= 15 is 4.39 Å². The van der Waals surface area contributed by atoms with Gasteiger partial charge in [-0.15, -0.1) is 0 Å². The number of ether oxygens (including phenoxy) is 1. The molecule has 0 spiro atoms. The standard InChI is InChI=1S/C29H28Cl2F2N6O3/c30-19-2-3-20(24(33)12-19)27-21(29(41)37-25(13-26(34)40)17-1-4-23(32)22(31)11-17)15-35-28(27)18-14-36-39(16-18)6-5-38-7-9-42-10-8-38/h1-4,11-12,14-16,25,35H,5-10,13H2,(H2,34,40)(H,37,41)/t25-/m0/s1. The van der Waals surface area contributed by atoms with Crippen LogP contribution in [0, 0.1) is 11.6 Å². The molecule has 3 heterocycles. The average molecular weight is 617 g/mol. The first-order valence-electron chi connectivity index (χ1n) is 13.2. The minimum Gasteiger partial charge on any atom is -0.379 e. The highest BCUT2D eigenvalue weighted by Gasteiger charge is 2.26. The van der Waals surface area contributed by atoms with Gasteiger partial charge in [0.15, 0.2) is 0 Å². The fourth-order valence-corrected chi connectivity index (χ4v) is 5.25. The third-order valence-electron chi connectivity index (χ3n) is 7.05. The molecule has 1 aliphatic rings. The molecule has 4 N–H and O–H groups in total. The summed E-state index contributed by atoms with van der Waals surface area (Å²) in [5, 5.41) is 7.26. The topological polar surface area (TPSA) is 118 Å². The lowest BCUT2D eigenvalue weighted by molar-refractivity contribution is -0.118. The van der Waals surface area contributed by atoms with E-state index in [1.54, 1.807) is 10.9 Å². The van der Waals surface area contributed by atoms with Crippen LogP contribution in [0.25, 0.3) is 22.4 Å². The second-order valence-electron chi connectivity index (χ2n) is 9.89.